The van der Waals surface area contributed by atoms with Gasteiger partial charge in [0, 0.05) is 15.0 Å². The summed E-state index contributed by atoms with van der Waals surface area (Å²) >= 11 is 1.32. The van der Waals surface area contributed by atoms with Gasteiger partial charge in [-0.3, -0.25) is 5.21 Å². The van der Waals surface area contributed by atoms with Crippen LogP contribution in [0.1, 0.15) is 17.8 Å². The zero-order chi connectivity index (χ0) is 12.6. The summed E-state index contributed by atoms with van der Waals surface area (Å²) in [4.78, 5) is 11.5. The number of fused-ring (bicyclic) bond motifs is 1. The van der Waals surface area contributed by atoms with Crippen LogP contribution in [0.15, 0.2) is 24.3 Å². The maximum atomic E-state index is 13.5. The Morgan fingerprint density at radius 3 is 2.88 bits per heavy atom. The molecule has 17 heavy (non-hydrogen) atoms. The number of rotatable bonds is 2. The van der Waals surface area contributed by atoms with E-state index in [9.17, 15) is 14.4 Å². The minimum Gasteiger partial charge on any atom is -0.350 e. The molecule has 0 spiro atoms. The number of carbonyl (C=O) groups is 1. The zero-order valence-electron chi connectivity index (χ0n) is 9.05. The Labute approximate surface area is 101 Å². The van der Waals surface area contributed by atoms with Gasteiger partial charge in [0.2, 0.25) is 0 Å². The van der Waals surface area contributed by atoms with Gasteiger partial charge in [0.15, 0.2) is 0 Å². The molecule has 0 radical (unpaired) electrons. The number of thiophene rings is 1. The second kappa shape index (κ2) is 4.31. The number of urea groups is 1. The molecule has 1 aromatic heterocycles. The Bertz CT molecular complexity index is 570. The van der Waals surface area contributed by atoms with E-state index in [1.807, 2.05) is 0 Å². The molecule has 1 heterocycles. The predicted octanol–water partition coefficient (Wildman–Crippen LogP) is 2.87. The van der Waals surface area contributed by atoms with Crippen molar-refractivity contribution >= 4 is 27.5 Å². The number of carbonyl (C=O) groups excluding carboxylic acids is 1. The van der Waals surface area contributed by atoms with E-state index >= 15 is 0 Å². The topological polar surface area (TPSA) is 66.6 Å². The molecule has 2 rings (SSSR count). The molecule has 4 nitrogen and oxygen atoms in total. The Kier molecular flexibility index (Phi) is 2.99. The van der Waals surface area contributed by atoms with Gasteiger partial charge in [-0.2, -0.15) is 5.06 Å². The number of primary amides is 1. The van der Waals surface area contributed by atoms with Crippen molar-refractivity contribution in [1.82, 2.24) is 5.06 Å². The Hall–Kier alpha value is -1.66. The van der Waals surface area contributed by atoms with Gasteiger partial charge in [0.25, 0.3) is 0 Å². The monoisotopic (exact) mass is 254 g/mol. The van der Waals surface area contributed by atoms with Crippen LogP contribution in [0.4, 0.5) is 9.18 Å². The molecule has 0 saturated heterocycles. The van der Waals surface area contributed by atoms with E-state index in [0.717, 1.165) is 4.70 Å². The van der Waals surface area contributed by atoms with Crippen molar-refractivity contribution in [1.29, 1.82) is 0 Å². The zero-order valence-corrected chi connectivity index (χ0v) is 9.87. The van der Waals surface area contributed by atoms with E-state index < -0.39 is 12.1 Å². The number of nitrogens with two attached hydrogens (primary N) is 1. The third-order valence-electron chi connectivity index (χ3n) is 2.53. The van der Waals surface area contributed by atoms with Crippen molar-refractivity contribution in [3.63, 3.8) is 0 Å². The van der Waals surface area contributed by atoms with Crippen molar-refractivity contribution < 1.29 is 14.4 Å². The van der Waals surface area contributed by atoms with E-state index in [4.69, 9.17) is 5.73 Å². The molecule has 90 valence electrons. The Morgan fingerprint density at radius 2 is 2.29 bits per heavy atom. The van der Waals surface area contributed by atoms with Gasteiger partial charge in [-0.25, -0.2) is 9.18 Å². The fraction of sp³-hybridized carbons (Fsp3) is 0.182. The highest BCUT2D eigenvalue weighted by Crippen LogP contribution is 2.33. The average molecular weight is 254 g/mol. The van der Waals surface area contributed by atoms with Crippen LogP contribution in [0.25, 0.3) is 10.1 Å². The fourth-order valence-corrected chi connectivity index (χ4v) is 2.68. The summed E-state index contributed by atoms with van der Waals surface area (Å²) in [6, 6.07) is 4.86. The van der Waals surface area contributed by atoms with Crippen LogP contribution in [0.5, 0.6) is 0 Å². The van der Waals surface area contributed by atoms with Crippen molar-refractivity contribution in [3.05, 3.63) is 35.0 Å². The van der Waals surface area contributed by atoms with Gasteiger partial charge in [-0.1, -0.05) is 6.07 Å². The summed E-state index contributed by atoms with van der Waals surface area (Å²) in [5, 5.41) is 10.3. The van der Waals surface area contributed by atoms with Crippen LogP contribution >= 0.6 is 11.3 Å². The summed E-state index contributed by atoms with van der Waals surface area (Å²) in [7, 11) is 0. The molecule has 3 N–H and O–H groups in total. The first-order chi connectivity index (χ1) is 8.00. The smallest absolute Gasteiger partial charge is 0.339 e. The van der Waals surface area contributed by atoms with Crippen molar-refractivity contribution in [2.24, 2.45) is 5.73 Å². The highest BCUT2D eigenvalue weighted by atomic mass is 32.1. The van der Waals surface area contributed by atoms with Crippen molar-refractivity contribution in [2.75, 3.05) is 0 Å². The van der Waals surface area contributed by atoms with Gasteiger partial charge in [0.1, 0.15) is 5.82 Å². The van der Waals surface area contributed by atoms with Gasteiger partial charge < -0.3 is 5.73 Å². The first-order valence-electron chi connectivity index (χ1n) is 4.96. The summed E-state index contributed by atoms with van der Waals surface area (Å²) in [6.07, 6.45) is 0. The SMILES string of the molecule is CC(c1cc2c(F)cccc2s1)N(O)C(N)=O. The second-order valence-corrected chi connectivity index (χ2v) is 4.77. The number of hydrogen-bond acceptors (Lipinski definition) is 3. The lowest BCUT2D eigenvalue weighted by Crippen LogP contribution is -2.34. The van der Waals surface area contributed by atoms with Crippen LogP contribution in [-0.4, -0.2) is 16.3 Å². The van der Waals surface area contributed by atoms with E-state index in [1.54, 1.807) is 25.1 Å². The quantitative estimate of drug-likeness (QED) is 0.639. The van der Waals surface area contributed by atoms with Crippen LogP contribution in [0.2, 0.25) is 0 Å². The maximum absolute atomic E-state index is 13.5. The largest absolute Gasteiger partial charge is 0.350 e. The van der Waals surface area contributed by atoms with Gasteiger partial charge in [-0.15, -0.1) is 11.3 Å². The summed E-state index contributed by atoms with van der Waals surface area (Å²) in [5.74, 6) is -0.319. The molecule has 0 aliphatic carbocycles. The summed E-state index contributed by atoms with van der Waals surface area (Å²) in [6.45, 7) is 1.62. The van der Waals surface area contributed by atoms with E-state index in [0.29, 0.717) is 15.3 Å². The third kappa shape index (κ3) is 2.09. The van der Waals surface area contributed by atoms with Gasteiger partial charge >= 0.3 is 6.03 Å². The first-order valence-corrected chi connectivity index (χ1v) is 5.78. The number of nitrogens with zero attached hydrogens (tertiary/aromatic N) is 1. The number of amides is 2. The molecular weight excluding hydrogens is 243 g/mol. The Balaban J connectivity index is 2.43. The summed E-state index contributed by atoms with van der Waals surface area (Å²) in [5.41, 5.74) is 4.97. The molecule has 0 fully saturated rings. The van der Waals surface area contributed by atoms with E-state index in [1.165, 1.54) is 17.4 Å². The lowest BCUT2D eigenvalue weighted by atomic mass is 10.2. The average Bonchev–Trinajstić information content (AvgIpc) is 2.72. The van der Waals surface area contributed by atoms with Gasteiger partial charge in [0.05, 0.1) is 6.04 Å². The lowest BCUT2D eigenvalue weighted by Gasteiger charge is -2.18. The molecule has 0 aliphatic rings. The normalized spacial score (nSPS) is 12.6. The second-order valence-electron chi connectivity index (χ2n) is 3.66. The molecule has 0 bridgehead atoms. The van der Waals surface area contributed by atoms with Crippen LogP contribution in [0, 0.1) is 5.82 Å². The minimum absolute atomic E-state index is 0.319. The first kappa shape index (κ1) is 11.8. The predicted molar refractivity (Wildman–Crippen MR) is 63.4 cm³/mol. The molecule has 1 unspecified atom stereocenters. The fourth-order valence-electron chi connectivity index (χ4n) is 1.56. The molecular formula is C11H11FN2O2S. The van der Waals surface area contributed by atoms with Crippen molar-refractivity contribution in [2.45, 2.75) is 13.0 Å². The van der Waals surface area contributed by atoms with Crippen LogP contribution < -0.4 is 5.73 Å². The number of halogens is 1. The molecule has 0 saturated carbocycles. The Morgan fingerprint density at radius 1 is 1.59 bits per heavy atom. The minimum atomic E-state index is -0.935. The summed E-state index contributed by atoms with van der Waals surface area (Å²) < 4.78 is 14.2. The maximum Gasteiger partial charge on any atom is 0.339 e. The molecule has 1 atom stereocenters. The van der Waals surface area contributed by atoms with E-state index in [2.05, 4.69) is 0 Å². The lowest BCUT2D eigenvalue weighted by molar-refractivity contribution is -0.0700. The number of hydrogen-bond donors (Lipinski definition) is 2. The van der Waals surface area contributed by atoms with Crippen LogP contribution in [0.3, 0.4) is 0 Å². The highest BCUT2D eigenvalue weighted by molar-refractivity contribution is 7.19. The number of hydroxylamine groups is 2. The van der Waals surface area contributed by atoms with Crippen molar-refractivity contribution in [3.8, 4) is 0 Å². The standard InChI is InChI=1S/C11H11FN2O2S/c1-6(14(16)11(13)15)10-5-7-8(12)3-2-4-9(7)17-10/h2-6,16H,1H3,(H2,13,15). The molecule has 0 aliphatic heterocycles. The molecule has 6 heteroatoms. The highest BCUT2D eigenvalue weighted by Gasteiger charge is 2.19. The molecule has 2 amide bonds. The third-order valence-corrected chi connectivity index (χ3v) is 3.80. The van der Waals surface area contributed by atoms with Crippen LogP contribution in [-0.2, 0) is 0 Å². The molecule has 2 aromatic rings. The number of benzene rings is 1. The van der Waals surface area contributed by atoms with E-state index in [-0.39, 0.29) is 5.82 Å². The van der Waals surface area contributed by atoms with Gasteiger partial charge in [-0.05, 0) is 25.1 Å². The molecule has 1 aromatic carbocycles.